The largest absolute Gasteiger partial charge is 0.469 e. The molecule has 1 aliphatic rings. The molecule has 1 atom stereocenters. The van der Waals surface area contributed by atoms with Crippen molar-refractivity contribution in [1.29, 1.82) is 0 Å². The van der Waals surface area contributed by atoms with Crippen LogP contribution in [0, 0.1) is 0 Å². The molecule has 0 aliphatic carbocycles. The molecule has 2 rings (SSSR count). The Morgan fingerprint density at radius 1 is 1.42 bits per heavy atom. The number of amides is 1. The van der Waals surface area contributed by atoms with Crippen molar-refractivity contribution in [3.8, 4) is 0 Å². The summed E-state index contributed by atoms with van der Waals surface area (Å²) in [5, 5.41) is 2.08. The summed E-state index contributed by atoms with van der Waals surface area (Å²) in [6, 6.07) is 0.705. The van der Waals surface area contributed by atoms with Gasteiger partial charge in [-0.1, -0.05) is 11.6 Å². The summed E-state index contributed by atoms with van der Waals surface area (Å²) in [4.78, 5) is 22.4. The third-order valence-electron chi connectivity index (χ3n) is 3.70. The van der Waals surface area contributed by atoms with Crippen LogP contribution >= 0.6 is 11.6 Å². The smallest absolute Gasteiger partial charge is 0.417 e. The highest BCUT2D eigenvalue weighted by Gasteiger charge is 2.44. The van der Waals surface area contributed by atoms with Crippen LogP contribution in [0.5, 0.6) is 0 Å². The number of hydrogen-bond acceptors (Lipinski definition) is 5. The molecule has 0 aromatic heterocycles. The van der Waals surface area contributed by atoms with Gasteiger partial charge in [-0.25, -0.2) is 8.42 Å². The van der Waals surface area contributed by atoms with Gasteiger partial charge in [-0.2, -0.15) is 17.5 Å². The fourth-order valence-corrected chi connectivity index (χ4v) is 4.45. The Morgan fingerprint density at radius 3 is 2.65 bits per heavy atom. The Kier molecular flexibility index (Phi) is 5.83. The number of alkyl halides is 3. The number of carbonyl (C=O) groups is 2. The average molecular weight is 415 g/mol. The van der Waals surface area contributed by atoms with Gasteiger partial charge in [-0.3, -0.25) is 9.59 Å². The van der Waals surface area contributed by atoms with Crippen molar-refractivity contribution in [2.45, 2.75) is 23.5 Å². The molecule has 1 N–H and O–H groups in total. The number of hydrogen-bond donors (Lipinski definition) is 1. The second-order valence-corrected chi connectivity index (χ2v) is 7.64. The zero-order valence-electron chi connectivity index (χ0n) is 13.3. The molecular weight excluding hydrogens is 401 g/mol. The van der Waals surface area contributed by atoms with E-state index in [4.69, 9.17) is 11.6 Å². The van der Waals surface area contributed by atoms with Gasteiger partial charge in [0.15, 0.2) is 0 Å². The number of methoxy groups -OCH3 is 1. The molecule has 12 heteroatoms. The third kappa shape index (κ3) is 4.10. The highest BCUT2D eigenvalue weighted by atomic mass is 35.5. The first-order valence-corrected chi connectivity index (χ1v) is 9.03. The highest BCUT2D eigenvalue weighted by Crippen LogP contribution is 2.37. The van der Waals surface area contributed by atoms with E-state index in [1.165, 1.54) is 0 Å². The number of nitrogens with one attached hydrogen (secondary N) is 1. The maximum absolute atomic E-state index is 13.3. The molecule has 1 amide bonds. The standard InChI is InChI=1S/C14H14ClF3N2O5S/c1-25-12(21)7-10-13(22)19-4-5-20(10)26(23,24)11-3-2-8(15)6-9(11)14(16,17)18/h2-3,6,10H,4-5,7H2,1H3,(H,19,22). The summed E-state index contributed by atoms with van der Waals surface area (Å²) in [5.74, 6) is -1.67. The molecule has 0 bridgehead atoms. The number of piperazine rings is 1. The van der Waals surface area contributed by atoms with Gasteiger partial charge in [0.1, 0.15) is 6.04 Å². The highest BCUT2D eigenvalue weighted by molar-refractivity contribution is 7.89. The zero-order chi connectivity index (χ0) is 19.7. The molecule has 1 saturated heterocycles. The Hall–Kier alpha value is -1.85. The van der Waals surface area contributed by atoms with Gasteiger partial charge in [-0.05, 0) is 18.2 Å². The van der Waals surface area contributed by atoms with Crippen LogP contribution in [0.15, 0.2) is 23.1 Å². The van der Waals surface area contributed by atoms with Crippen molar-refractivity contribution in [3.63, 3.8) is 0 Å². The molecule has 1 aromatic carbocycles. The molecule has 0 spiro atoms. The van der Waals surface area contributed by atoms with Crippen LogP contribution < -0.4 is 5.32 Å². The van der Waals surface area contributed by atoms with Gasteiger partial charge in [0.05, 0.1) is 24.0 Å². The topological polar surface area (TPSA) is 92.8 Å². The van der Waals surface area contributed by atoms with Crippen LogP contribution in [0.25, 0.3) is 0 Å². The Balaban J connectivity index is 2.54. The molecular formula is C14H14ClF3N2O5S. The summed E-state index contributed by atoms with van der Waals surface area (Å²) < 4.78 is 70.5. The minimum Gasteiger partial charge on any atom is -0.469 e. The Morgan fingerprint density at radius 2 is 2.08 bits per heavy atom. The molecule has 0 radical (unpaired) electrons. The van der Waals surface area contributed by atoms with Crippen LogP contribution in [0.1, 0.15) is 12.0 Å². The van der Waals surface area contributed by atoms with E-state index < -0.39 is 51.0 Å². The van der Waals surface area contributed by atoms with Crippen LogP contribution in [0.2, 0.25) is 5.02 Å². The predicted octanol–water partition coefficient (Wildman–Crippen LogP) is 1.41. The third-order valence-corrected chi connectivity index (χ3v) is 5.90. The molecule has 144 valence electrons. The van der Waals surface area contributed by atoms with Crippen molar-refractivity contribution in [2.24, 2.45) is 0 Å². The quantitative estimate of drug-likeness (QED) is 0.752. The fraction of sp³-hybridized carbons (Fsp3) is 0.429. The molecule has 1 unspecified atom stereocenters. The van der Waals surface area contributed by atoms with E-state index in [0.717, 1.165) is 19.2 Å². The first kappa shape index (κ1) is 20.5. The lowest BCUT2D eigenvalue weighted by molar-refractivity contribution is -0.144. The maximum Gasteiger partial charge on any atom is 0.417 e. The lowest BCUT2D eigenvalue weighted by atomic mass is 10.1. The molecule has 1 aliphatic heterocycles. The molecule has 1 heterocycles. The van der Waals surface area contributed by atoms with Crippen LogP contribution in [0.3, 0.4) is 0 Å². The van der Waals surface area contributed by atoms with Crippen molar-refractivity contribution in [1.82, 2.24) is 9.62 Å². The summed E-state index contributed by atoms with van der Waals surface area (Å²) in [5.41, 5.74) is -1.45. The summed E-state index contributed by atoms with van der Waals surface area (Å²) >= 11 is 5.56. The monoisotopic (exact) mass is 414 g/mol. The molecule has 7 nitrogen and oxygen atoms in total. The number of carbonyl (C=O) groups excluding carboxylic acids is 2. The van der Waals surface area contributed by atoms with E-state index in [1.54, 1.807) is 0 Å². The van der Waals surface area contributed by atoms with Crippen LogP contribution in [0.4, 0.5) is 13.2 Å². The summed E-state index contributed by atoms with van der Waals surface area (Å²) in [6.45, 7) is -0.402. The maximum atomic E-state index is 13.3. The zero-order valence-corrected chi connectivity index (χ0v) is 14.9. The van der Waals surface area contributed by atoms with Crippen molar-refractivity contribution in [2.75, 3.05) is 20.2 Å². The van der Waals surface area contributed by atoms with E-state index in [-0.39, 0.29) is 18.1 Å². The van der Waals surface area contributed by atoms with Gasteiger partial charge in [0, 0.05) is 18.1 Å². The van der Waals surface area contributed by atoms with Gasteiger partial charge < -0.3 is 10.1 Å². The molecule has 1 fully saturated rings. The first-order chi connectivity index (χ1) is 12.0. The number of nitrogens with zero attached hydrogens (tertiary/aromatic N) is 1. The van der Waals surface area contributed by atoms with Gasteiger partial charge in [-0.15, -0.1) is 0 Å². The van der Waals surface area contributed by atoms with Gasteiger partial charge in [0.25, 0.3) is 0 Å². The minimum absolute atomic E-state index is 0.106. The predicted molar refractivity (Wildman–Crippen MR) is 83.8 cm³/mol. The van der Waals surface area contributed by atoms with Gasteiger partial charge in [0.2, 0.25) is 15.9 Å². The van der Waals surface area contributed by atoms with Crippen molar-refractivity contribution < 1.29 is 35.9 Å². The number of esters is 1. The van der Waals surface area contributed by atoms with E-state index in [0.29, 0.717) is 10.4 Å². The van der Waals surface area contributed by atoms with Crippen LogP contribution in [-0.2, 0) is 30.5 Å². The Labute approximate surface area is 152 Å². The second kappa shape index (κ2) is 7.41. The van der Waals surface area contributed by atoms with E-state index >= 15 is 0 Å². The van der Waals surface area contributed by atoms with Crippen molar-refractivity contribution >= 4 is 33.5 Å². The summed E-state index contributed by atoms with van der Waals surface area (Å²) in [6.07, 6.45) is -5.61. The fourth-order valence-electron chi connectivity index (χ4n) is 2.49. The molecule has 26 heavy (non-hydrogen) atoms. The van der Waals surface area contributed by atoms with E-state index in [9.17, 15) is 31.2 Å². The normalized spacial score (nSPS) is 19.1. The second-order valence-electron chi connectivity index (χ2n) is 5.34. The first-order valence-electron chi connectivity index (χ1n) is 7.21. The van der Waals surface area contributed by atoms with Crippen molar-refractivity contribution in [3.05, 3.63) is 28.8 Å². The lowest BCUT2D eigenvalue weighted by Gasteiger charge is -2.34. The minimum atomic E-state index is -4.98. The molecule has 0 saturated carbocycles. The van der Waals surface area contributed by atoms with E-state index in [2.05, 4.69) is 10.1 Å². The average Bonchev–Trinajstić information content (AvgIpc) is 2.55. The molecule has 1 aromatic rings. The lowest BCUT2D eigenvalue weighted by Crippen LogP contribution is -2.57. The number of benzene rings is 1. The van der Waals surface area contributed by atoms with Crippen LogP contribution in [-0.4, -0.2) is 50.8 Å². The SMILES string of the molecule is COC(=O)CC1C(=O)NCCN1S(=O)(=O)c1ccc(Cl)cc1C(F)(F)F. The summed E-state index contributed by atoms with van der Waals surface area (Å²) in [7, 11) is -3.70. The number of rotatable bonds is 4. The Bertz CT molecular complexity index is 828. The van der Waals surface area contributed by atoms with Gasteiger partial charge >= 0.3 is 12.1 Å². The number of sulfonamides is 1. The number of ether oxygens (including phenoxy) is 1. The van der Waals surface area contributed by atoms with E-state index in [1.807, 2.05) is 0 Å². The number of halogens is 4.